The molecule has 0 amide bonds. The molecule has 1 N–H and O–H groups in total. The Morgan fingerprint density at radius 3 is 3.06 bits per heavy atom. The molecule has 0 radical (unpaired) electrons. The molecule has 6 heteroatoms. The van der Waals surface area contributed by atoms with Gasteiger partial charge in [-0.25, -0.2) is 9.97 Å². The summed E-state index contributed by atoms with van der Waals surface area (Å²) in [6.45, 7) is 2.88. The lowest BCUT2D eigenvalue weighted by molar-refractivity contribution is -0.143. The number of esters is 1. The van der Waals surface area contributed by atoms with Crippen LogP contribution in [0.5, 0.6) is 0 Å². The Kier molecular flexibility index (Phi) is 7.36. The van der Waals surface area contributed by atoms with Crippen LogP contribution in [0.15, 0.2) is 23.6 Å². The van der Waals surface area contributed by atoms with Crippen molar-refractivity contribution >= 4 is 17.7 Å². The van der Waals surface area contributed by atoms with Crippen molar-refractivity contribution in [3.63, 3.8) is 0 Å². The van der Waals surface area contributed by atoms with E-state index in [4.69, 9.17) is 4.74 Å². The smallest absolute Gasteiger partial charge is 0.322 e. The fraction of sp³-hybridized carbons (Fsp3) is 0.583. The summed E-state index contributed by atoms with van der Waals surface area (Å²) in [7, 11) is 1.42. The third-order valence-electron chi connectivity index (χ3n) is 2.34. The molecule has 1 unspecified atom stereocenters. The van der Waals surface area contributed by atoms with Gasteiger partial charge in [-0.05, 0) is 25.5 Å². The van der Waals surface area contributed by atoms with E-state index in [1.54, 1.807) is 18.0 Å². The van der Waals surface area contributed by atoms with Gasteiger partial charge in [0.1, 0.15) is 12.4 Å². The molecule has 5 nitrogen and oxygen atoms in total. The quantitative estimate of drug-likeness (QED) is 0.438. The lowest BCUT2D eigenvalue weighted by atomic mass is 10.2. The second-order valence-electron chi connectivity index (χ2n) is 3.71. The lowest BCUT2D eigenvalue weighted by Crippen LogP contribution is -2.38. The number of thioether (sulfide) groups is 1. The first-order chi connectivity index (χ1) is 8.77. The van der Waals surface area contributed by atoms with E-state index < -0.39 is 0 Å². The normalized spacial score (nSPS) is 12.1. The molecule has 0 aliphatic carbocycles. The van der Waals surface area contributed by atoms with Crippen molar-refractivity contribution in [2.24, 2.45) is 0 Å². The first-order valence-corrected chi connectivity index (χ1v) is 6.96. The molecule has 1 rings (SSSR count). The molecule has 0 spiro atoms. The molecule has 1 heterocycles. The van der Waals surface area contributed by atoms with Crippen LogP contribution in [0.2, 0.25) is 0 Å². The summed E-state index contributed by atoms with van der Waals surface area (Å²) >= 11 is 1.61. The summed E-state index contributed by atoms with van der Waals surface area (Å²) < 4.78 is 4.78. The predicted molar refractivity (Wildman–Crippen MR) is 71.5 cm³/mol. The molecule has 18 heavy (non-hydrogen) atoms. The largest absolute Gasteiger partial charge is 0.468 e. The fourth-order valence-electron chi connectivity index (χ4n) is 1.41. The van der Waals surface area contributed by atoms with Crippen molar-refractivity contribution in [3.05, 3.63) is 18.6 Å². The second-order valence-corrected chi connectivity index (χ2v) is 4.83. The Morgan fingerprint density at radius 2 is 2.44 bits per heavy atom. The summed E-state index contributed by atoms with van der Waals surface area (Å²) in [6.07, 6.45) is 4.95. The van der Waals surface area contributed by atoms with E-state index in [0.717, 1.165) is 30.2 Å². The van der Waals surface area contributed by atoms with Crippen LogP contribution in [0.4, 0.5) is 0 Å². The molecule has 0 saturated heterocycles. The second kappa shape index (κ2) is 8.88. The van der Waals surface area contributed by atoms with Crippen LogP contribution in [-0.2, 0) is 9.53 Å². The summed E-state index contributed by atoms with van der Waals surface area (Å²) in [5.41, 5.74) is 0. The van der Waals surface area contributed by atoms with Crippen molar-refractivity contribution in [2.45, 2.75) is 30.8 Å². The highest BCUT2D eigenvalue weighted by Crippen LogP contribution is 2.15. The number of carbonyl (C=O) groups is 1. The zero-order chi connectivity index (χ0) is 13.2. The van der Waals surface area contributed by atoms with Gasteiger partial charge < -0.3 is 10.1 Å². The number of rotatable bonds is 8. The minimum atomic E-state index is -0.232. The highest BCUT2D eigenvalue weighted by molar-refractivity contribution is 7.99. The van der Waals surface area contributed by atoms with Gasteiger partial charge >= 0.3 is 5.97 Å². The Hall–Kier alpha value is -1.14. The summed E-state index contributed by atoms with van der Waals surface area (Å²) in [4.78, 5) is 19.5. The fourth-order valence-corrected chi connectivity index (χ4v) is 2.25. The van der Waals surface area contributed by atoms with Crippen molar-refractivity contribution in [3.8, 4) is 0 Å². The molecule has 0 aliphatic heterocycles. The number of hydrogen-bond acceptors (Lipinski definition) is 6. The number of nitrogens with zero attached hydrogens (tertiary/aromatic N) is 2. The van der Waals surface area contributed by atoms with Gasteiger partial charge in [-0.2, -0.15) is 0 Å². The Labute approximate surface area is 112 Å². The van der Waals surface area contributed by atoms with Crippen LogP contribution >= 0.6 is 11.8 Å². The molecule has 0 saturated carbocycles. The molecule has 0 aliphatic rings. The number of hydrogen-bond donors (Lipinski definition) is 1. The van der Waals surface area contributed by atoms with Gasteiger partial charge in [-0.3, -0.25) is 4.79 Å². The molecule has 0 bridgehead atoms. The Morgan fingerprint density at radius 1 is 1.61 bits per heavy atom. The number of methoxy groups -OCH3 is 1. The summed E-state index contributed by atoms with van der Waals surface area (Å²) in [5.74, 6) is 0.611. The van der Waals surface area contributed by atoms with Gasteiger partial charge in [0.2, 0.25) is 0 Å². The molecular formula is C12H19N3O2S. The van der Waals surface area contributed by atoms with Gasteiger partial charge in [-0.1, -0.05) is 6.92 Å². The Bertz CT molecular complexity index is 348. The van der Waals surface area contributed by atoms with Gasteiger partial charge in [0, 0.05) is 11.9 Å². The van der Waals surface area contributed by atoms with Crippen LogP contribution < -0.4 is 5.32 Å². The average Bonchev–Trinajstić information content (AvgIpc) is 2.43. The summed E-state index contributed by atoms with van der Waals surface area (Å²) in [6, 6.07) is 1.63. The van der Waals surface area contributed by atoms with E-state index in [-0.39, 0.29) is 12.0 Å². The SMILES string of the molecule is CCCNC(CCSc1ccncn1)C(=O)OC. The monoisotopic (exact) mass is 269 g/mol. The van der Waals surface area contributed by atoms with E-state index in [1.807, 2.05) is 6.07 Å². The predicted octanol–water partition coefficient (Wildman–Crippen LogP) is 1.50. The standard InChI is InChI=1S/C12H19N3O2S/c1-3-6-14-10(12(16)17-2)5-8-18-11-4-7-13-9-15-11/h4,7,9-10,14H,3,5-6,8H2,1-2H3. The highest BCUT2D eigenvalue weighted by Gasteiger charge is 2.17. The van der Waals surface area contributed by atoms with Crippen molar-refractivity contribution in [2.75, 3.05) is 19.4 Å². The van der Waals surface area contributed by atoms with E-state index in [1.165, 1.54) is 13.4 Å². The topological polar surface area (TPSA) is 64.1 Å². The van der Waals surface area contributed by atoms with Gasteiger partial charge in [0.15, 0.2) is 0 Å². The van der Waals surface area contributed by atoms with Crippen LogP contribution in [0, 0.1) is 0 Å². The number of ether oxygens (including phenoxy) is 1. The van der Waals surface area contributed by atoms with Crippen LogP contribution in [0.1, 0.15) is 19.8 Å². The number of carbonyl (C=O) groups excluding carboxylic acids is 1. The third kappa shape index (κ3) is 5.46. The molecule has 1 atom stereocenters. The van der Waals surface area contributed by atoms with Crippen molar-refractivity contribution < 1.29 is 9.53 Å². The van der Waals surface area contributed by atoms with Crippen LogP contribution in [0.3, 0.4) is 0 Å². The van der Waals surface area contributed by atoms with Gasteiger partial charge in [0.05, 0.1) is 12.1 Å². The van der Waals surface area contributed by atoms with Crippen molar-refractivity contribution in [1.82, 2.24) is 15.3 Å². The van der Waals surface area contributed by atoms with Crippen LogP contribution in [-0.4, -0.2) is 41.4 Å². The molecule has 0 fully saturated rings. The highest BCUT2D eigenvalue weighted by atomic mass is 32.2. The average molecular weight is 269 g/mol. The minimum absolute atomic E-state index is 0.202. The molecule has 100 valence electrons. The summed E-state index contributed by atoms with van der Waals surface area (Å²) in [5, 5.41) is 4.11. The van der Waals surface area contributed by atoms with E-state index in [9.17, 15) is 4.79 Å². The maximum absolute atomic E-state index is 11.5. The number of aromatic nitrogens is 2. The lowest BCUT2D eigenvalue weighted by Gasteiger charge is -2.15. The molecule has 1 aromatic heterocycles. The van der Waals surface area contributed by atoms with Crippen LogP contribution in [0.25, 0.3) is 0 Å². The van der Waals surface area contributed by atoms with E-state index in [0.29, 0.717) is 0 Å². The first kappa shape index (κ1) is 14.9. The van der Waals surface area contributed by atoms with Crippen molar-refractivity contribution in [1.29, 1.82) is 0 Å². The number of nitrogens with one attached hydrogen (secondary N) is 1. The minimum Gasteiger partial charge on any atom is -0.468 e. The maximum Gasteiger partial charge on any atom is 0.322 e. The first-order valence-electron chi connectivity index (χ1n) is 5.98. The Balaban J connectivity index is 2.35. The molecule has 0 aromatic carbocycles. The zero-order valence-electron chi connectivity index (χ0n) is 10.8. The van der Waals surface area contributed by atoms with Gasteiger partial charge in [0.25, 0.3) is 0 Å². The molecular weight excluding hydrogens is 250 g/mol. The van der Waals surface area contributed by atoms with Gasteiger partial charge in [-0.15, -0.1) is 11.8 Å². The van der Waals surface area contributed by atoms with E-state index >= 15 is 0 Å². The maximum atomic E-state index is 11.5. The molecule has 1 aromatic rings. The zero-order valence-corrected chi connectivity index (χ0v) is 11.6. The van der Waals surface area contributed by atoms with E-state index in [2.05, 4.69) is 22.2 Å². The third-order valence-corrected chi connectivity index (χ3v) is 3.31.